The molecule has 14 heavy (non-hydrogen) atoms. The SMILES string of the molecule is CCOCCCc1nc(C2CC2)n[nH]1. The minimum absolute atomic E-state index is 0.645. The predicted molar refractivity (Wildman–Crippen MR) is 53.2 cm³/mol. The average molecular weight is 195 g/mol. The van der Waals surface area contributed by atoms with Gasteiger partial charge in [0.25, 0.3) is 0 Å². The van der Waals surface area contributed by atoms with Gasteiger partial charge in [-0.15, -0.1) is 0 Å². The number of aryl methyl sites for hydroxylation is 1. The van der Waals surface area contributed by atoms with Gasteiger partial charge >= 0.3 is 0 Å². The normalized spacial score (nSPS) is 16.1. The maximum Gasteiger partial charge on any atom is 0.153 e. The summed E-state index contributed by atoms with van der Waals surface area (Å²) in [6, 6.07) is 0. The predicted octanol–water partition coefficient (Wildman–Crippen LogP) is 1.65. The van der Waals surface area contributed by atoms with Crippen LogP contribution in [0.5, 0.6) is 0 Å². The Bertz CT molecular complexity index is 281. The second-order valence-electron chi connectivity index (χ2n) is 3.72. The fourth-order valence-electron chi connectivity index (χ4n) is 1.43. The zero-order valence-electron chi connectivity index (χ0n) is 8.62. The van der Waals surface area contributed by atoms with Gasteiger partial charge in [-0.1, -0.05) is 0 Å². The molecule has 78 valence electrons. The van der Waals surface area contributed by atoms with E-state index in [2.05, 4.69) is 15.2 Å². The Labute approximate surface area is 84.1 Å². The zero-order chi connectivity index (χ0) is 9.80. The van der Waals surface area contributed by atoms with Crippen molar-refractivity contribution in [2.24, 2.45) is 0 Å². The van der Waals surface area contributed by atoms with E-state index in [1.165, 1.54) is 12.8 Å². The van der Waals surface area contributed by atoms with E-state index in [1.54, 1.807) is 0 Å². The van der Waals surface area contributed by atoms with E-state index in [0.29, 0.717) is 5.92 Å². The third-order valence-electron chi connectivity index (χ3n) is 2.40. The largest absolute Gasteiger partial charge is 0.382 e. The second kappa shape index (κ2) is 4.55. The van der Waals surface area contributed by atoms with Crippen LogP contribution in [-0.2, 0) is 11.2 Å². The Balaban J connectivity index is 1.72. The van der Waals surface area contributed by atoms with Gasteiger partial charge < -0.3 is 4.74 Å². The Hall–Kier alpha value is -0.900. The van der Waals surface area contributed by atoms with Crippen LogP contribution in [0.1, 0.15) is 43.8 Å². The molecule has 0 aliphatic heterocycles. The minimum Gasteiger partial charge on any atom is -0.382 e. The minimum atomic E-state index is 0.645. The molecule has 0 atom stereocenters. The highest BCUT2D eigenvalue weighted by atomic mass is 16.5. The smallest absolute Gasteiger partial charge is 0.153 e. The molecule has 1 saturated carbocycles. The Kier molecular flexibility index (Phi) is 3.14. The lowest BCUT2D eigenvalue weighted by Gasteiger charge is -1.97. The van der Waals surface area contributed by atoms with Gasteiger partial charge in [0.15, 0.2) is 5.82 Å². The third kappa shape index (κ3) is 2.54. The highest BCUT2D eigenvalue weighted by Gasteiger charge is 2.27. The van der Waals surface area contributed by atoms with Crippen molar-refractivity contribution in [1.82, 2.24) is 15.2 Å². The van der Waals surface area contributed by atoms with E-state index in [9.17, 15) is 0 Å². The van der Waals surface area contributed by atoms with Gasteiger partial charge in [0.2, 0.25) is 0 Å². The number of H-pyrrole nitrogens is 1. The molecule has 1 aliphatic rings. The molecule has 0 unspecified atom stereocenters. The van der Waals surface area contributed by atoms with Crippen LogP contribution in [0.25, 0.3) is 0 Å². The molecule has 0 bridgehead atoms. The summed E-state index contributed by atoms with van der Waals surface area (Å²) < 4.78 is 5.26. The molecule has 0 saturated heterocycles. The van der Waals surface area contributed by atoms with Crippen LogP contribution >= 0.6 is 0 Å². The Morgan fingerprint density at radius 2 is 2.36 bits per heavy atom. The zero-order valence-corrected chi connectivity index (χ0v) is 8.62. The van der Waals surface area contributed by atoms with E-state index in [1.807, 2.05) is 6.92 Å². The van der Waals surface area contributed by atoms with Crippen molar-refractivity contribution in [3.05, 3.63) is 11.6 Å². The highest BCUT2D eigenvalue weighted by molar-refractivity contribution is 5.04. The van der Waals surface area contributed by atoms with E-state index >= 15 is 0 Å². The topological polar surface area (TPSA) is 50.8 Å². The van der Waals surface area contributed by atoms with Crippen molar-refractivity contribution < 1.29 is 4.74 Å². The van der Waals surface area contributed by atoms with E-state index < -0.39 is 0 Å². The average Bonchev–Trinajstić information content (AvgIpc) is 2.94. The highest BCUT2D eigenvalue weighted by Crippen LogP contribution is 2.37. The number of aromatic amines is 1. The molecule has 1 aromatic rings. The number of aromatic nitrogens is 3. The number of ether oxygens (including phenoxy) is 1. The first-order valence-electron chi connectivity index (χ1n) is 5.39. The lowest BCUT2D eigenvalue weighted by Crippen LogP contribution is -1.97. The van der Waals surface area contributed by atoms with E-state index in [0.717, 1.165) is 37.7 Å². The summed E-state index contributed by atoms with van der Waals surface area (Å²) in [5, 5.41) is 7.19. The van der Waals surface area contributed by atoms with Crippen LogP contribution in [0.2, 0.25) is 0 Å². The van der Waals surface area contributed by atoms with Crippen molar-refractivity contribution in [2.45, 2.75) is 38.5 Å². The maximum atomic E-state index is 5.26. The lowest BCUT2D eigenvalue weighted by atomic mass is 10.3. The molecule has 4 nitrogen and oxygen atoms in total. The molecule has 1 aliphatic carbocycles. The van der Waals surface area contributed by atoms with Gasteiger partial charge in [-0.05, 0) is 26.2 Å². The van der Waals surface area contributed by atoms with Gasteiger partial charge in [0, 0.05) is 25.6 Å². The van der Waals surface area contributed by atoms with Gasteiger partial charge in [-0.3, -0.25) is 5.10 Å². The Morgan fingerprint density at radius 1 is 1.50 bits per heavy atom. The first kappa shape index (κ1) is 9.65. The van der Waals surface area contributed by atoms with Crippen LogP contribution in [0.15, 0.2) is 0 Å². The van der Waals surface area contributed by atoms with Crippen LogP contribution in [0, 0.1) is 0 Å². The lowest BCUT2D eigenvalue weighted by molar-refractivity contribution is 0.145. The molecule has 1 fully saturated rings. The summed E-state index contributed by atoms with van der Waals surface area (Å²) in [6.07, 6.45) is 4.49. The Morgan fingerprint density at radius 3 is 3.07 bits per heavy atom. The van der Waals surface area contributed by atoms with Crippen LogP contribution < -0.4 is 0 Å². The van der Waals surface area contributed by atoms with Crippen molar-refractivity contribution in [3.8, 4) is 0 Å². The first-order valence-corrected chi connectivity index (χ1v) is 5.39. The van der Waals surface area contributed by atoms with Crippen LogP contribution in [0.3, 0.4) is 0 Å². The van der Waals surface area contributed by atoms with Gasteiger partial charge in [0.1, 0.15) is 5.82 Å². The fraction of sp³-hybridized carbons (Fsp3) is 0.800. The molecule has 1 N–H and O–H groups in total. The van der Waals surface area contributed by atoms with E-state index in [-0.39, 0.29) is 0 Å². The number of nitrogens with one attached hydrogen (secondary N) is 1. The van der Waals surface area contributed by atoms with Crippen LogP contribution in [0.4, 0.5) is 0 Å². The number of rotatable bonds is 6. The summed E-state index contributed by atoms with van der Waals surface area (Å²) in [4.78, 5) is 4.45. The molecule has 1 aromatic heterocycles. The summed E-state index contributed by atoms with van der Waals surface area (Å²) >= 11 is 0. The summed E-state index contributed by atoms with van der Waals surface area (Å²) in [5.41, 5.74) is 0. The molecule has 1 heterocycles. The molecule has 2 rings (SSSR count). The summed E-state index contributed by atoms with van der Waals surface area (Å²) in [7, 11) is 0. The third-order valence-corrected chi connectivity index (χ3v) is 2.40. The van der Waals surface area contributed by atoms with Crippen LogP contribution in [-0.4, -0.2) is 28.4 Å². The van der Waals surface area contributed by atoms with Crippen molar-refractivity contribution >= 4 is 0 Å². The molecule has 0 spiro atoms. The van der Waals surface area contributed by atoms with Gasteiger partial charge in [-0.2, -0.15) is 5.10 Å². The standard InChI is InChI=1S/C10H17N3O/c1-2-14-7-3-4-9-11-10(13-12-9)8-5-6-8/h8H,2-7H2,1H3,(H,11,12,13). The van der Waals surface area contributed by atoms with Gasteiger partial charge in [-0.25, -0.2) is 4.98 Å². The fourth-order valence-corrected chi connectivity index (χ4v) is 1.43. The van der Waals surface area contributed by atoms with Crippen molar-refractivity contribution in [3.63, 3.8) is 0 Å². The first-order chi connectivity index (χ1) is 6.90. The number of hydrogen-bond acceptors (Lipinski definition) is 3. The molecule has 4 heteroatoms. The number of nitrogens with zero attached hydrogens (tertiary/aromatic N) is 2. The molecule has 0 radical (unpaired) electrons. The number of hydrogen-bond donors (Lipinski definition) is 1. The van der Waals surface area contributed by atoms with Crippen molar-refractivity contribution in [1.29, 1.82) is 0 Å². The molecule has 0 amide bonds. The maximum absolute atomic E-state index is 5.26. The van der Waals surface area contributed by atoms with E-state index in [4.69, 9.17) is 4.74 Å². The monoisotopic (exact) mass is 195 g/mol. The second-order valence-corrected chi connectivity index (χ2v) is 3.72. The summed E-state index contributed by atoms with van der Waals surface area (Å²) in [5.74, 6) is 2.66. The quantitative estimate of drug-likeness (QED) is 0.702. The molecule has 0 aromatic carbocycles. The van der Waals surface area contributed by atoms with Crippen molar-refractivity contribution in [2.75, 3.05) is 13.2 Å². The molecular formula is C10H17N3O. The van der Waals surface area contributed by atoms with Gasteiger partial charge in [0.05, 0.1) is 0 Å². The summed E-state index contributed by atoms with van der Waals surface area (Å²) in [6.45, 7) is 3.62. The molecular weight excluding hydrogens is 178 g/mol.